The van der Waals surface area contributed by atoms with E-state index in [-0.39, 0.29) is 17.9 Å². The van der Waals surface area contributed by atoms with Crippen LogP contribution >= 0.6 is 0 Å². The number of benzene rings is 1. The summed E-state index contributed by atoms with van der Waals surface area (Å²) in [7, 11) is 0. The lowest BCUT2D eigenvalue weighted by molar-refractivity contribution is -0.129. The van der Waals surface area contributed by atoms with Crippen LogP contribution < -0.4 is 15.5 Å². The van der Waals surface area contributed by atoms with E-state index in [0.29, 0.717) is 17.8 Å². The first-order valence-corrected chi connectivity index (χ1v) is 10.9. The maximum absolute atomic E-state index is 12.5. The first-order valence-electron chi connectivity index (χ1n) is 10.9. The number of allylic oxidation sites excluding steroid dienone is 1. The Kier molecular flexibility index (Phi) is 6.06. The number of hydrogen-bond donors (Lipinski definition) is 2. The second-order valence-electron chi connectivity index (χ2n) is 8.27. The molecule has 0 unspecified atom stereocenters. The lowest BCUT2D eigenvalue weighted by Crippen LogP contribution is -2.44. The van der Waals surface area contributed by atoms with Gasteiger partial charge in [0.05, 0.1) is 16.9 Å². The van der Waals surface area contributed by atoms with E-state index in [0.717, 1.165) is 44.3 Å². The number of amides is 2. The standard InChI is InChI=1S/C23H29N3O4/c1-15(21(27)24-12-11-16-6-3-2-4-7-16)30-23(29)17-9-10-19-18(14-17)25-22(28)20-8-5-13-26(19)20/h6,9-10,14-15,20H,2-5,7-8,11-13H2,1H3,(H,24,27)(H,25,28)/t15-,20-/m1/s1. The number of nitrogens with one attached hydrogen (secondary N) is 2. The first-order chi connectivity index (χ1) is 14.5. The van der Waals surface area contributed by atoms with E-state index in [4.69, 9.17) is 4.74 Å². The number of fused-ring (bicyclic) bond motifs is 3. The van der Waals surface area contributed by atoms with Crippen molar-refractivity contribution in [3.05, 3.63) is 35.4 Å². The number of anilines is 2. The zero-order valence-electron chi connectivity index (χ0n) is 17.4. The summed E-state index contributed by atoms with van der Waals surface area (Å²) in [4.78, 5) is 39.2. The fourth-order valence-electron chi connectivity index (χ4n) is 4.46. The van der Waals surface area contributed by atoms with Crippen molar-refractivity contribution >= 4 is 29.2 Å². The zero-order valence-corrected chi connectivity index (χ0v) is 17.4. The molecule has 160 valence electrons. The number of carbonyl (C=O) groups is 3. The Labute approximate surface area is 176 Å². The molecule has 2 atom stereocenters. The molecule has 1 aromatic carbocycles. The molecule has 1 aliphatic carbocycles. The van der Waals surface area contributed by atoms with Crippen LogP contribution in [0.3, 0.4) is 0 Å². The second kappa shape index (κ2) is 8.90. The van der Waals surface area contributed by atoms with E-state index in [9.17, 15) is 14.4 Å². The Morgan fingerprint density at radius 3 is 2.97 bits per heavy atom. The Bertz CT molecular complexity index is 879. The third-order valence-electron chi connectivity index (χ3n) is 6.14. The molecule has 1 aromatic rings. The smallest absolute Gasteiger partial charge is 0.338 e. The average molecular weight is 412 g/mol. The summed E-state index contributed by atoms with van der Waals surface area (Å²) in [6, 6.07) is 5.04. The fraction of sp³-hybridized carbons (Fsp3) is 0.522. The highest BCUT2D eigenvalue weighted by Crippen LogP contribution is 2.37. The van der Waals surface area contributed by atoms with Crippen molar-refractivity contribution in [3.63, 3.8) is 0 Å². The average Bonchev–Trinajstić information content (AvgIpc) is 3.25. The van der Waals surface area contributed by atoms with Gasteiger partial charge < -0.3 is 20.3 Å². The van der Waals surface area contributed by atoms with Gasteiger partial charge in [-0.2, -0.15) is 0 Å². The van der Waals surface area contributed by atoms with Crippen molar-refractivity contribution < 1.29 is 19.1 Å². The molecule has 0 saturated carbocycles. The van der Waals surface area contributed by atoms with Crippen molar-refractivity contribution in [3.8, 4) is 0 Å². The minimum absolute atomic E-state index is 0.0358. The molecule has 0 aromatic heterocycles. The number of rotatable bonds is 6. The minimum Gasteiger partial charge on any atom is -0.449 e. The SMILES string of the molecule is C[C@@H](OC(=O)c1ccc2c(c1)NC(=O)[C@H]1CCCN21)C(=O)NCCC1=CCCCC1. The third kappa shape index (κ3) is 4.35. The lowest BCUT2D eigenvalue weighted by Gasteiger charge is -2.33. The molecule has 1 saturated heterocycles. The van der Waals surface area contributed by atoms with Gasteiger partial charge in [0.25, 0.3) is 5.91 Å². The highest BCUT2D eigenvalue weighted by atomic mass is 16.5. The van der Waals surface area contributed by atoms with E-state index in [1.807, 2.05) is 6.07 Å². The van der Waals surface area contributed by atoms with Crippen LogP contribution in [0, 0.1) is 0 Å². The fourth-order valence-corrected chi connectivity index (χ4v) is 4.46. The highest BCUT2D eigenvalue weighted by molar-refractivity contribution is 6.05. The Balaban J connectivity index is 1.32. The van der Waals surface area contributed by atoms with Gasteiger partial charge in [0.1, 0.15) is 6.04 Å². The van der Waals surface area contributed by atoms with Crippen LogP contribution in [0.1, 0.15) is 62.2 Å². The lowest BCUT2D eigenvalue weighted by atomic mass is 9.97. The predicted molar refractivity (Wildman–Crippen MR) is 114 cm³/mol. The number of carbonyl (C=O) groups excluding carboxylic acids is 3. The molecular formula is C23H29N3O4. The van der Waals surface area contributed by atoms with E-state index in [1.165, 1.54) is 18.4 Å². The molecule has 2 amide bonds. The van der Waals surface area contributed by atoms with Gasteiger partial charge in [0.2, 0.25) is 5.91 Å². The van der Waals surface area contributed by atoms with E-state index < -0.39 is 12.1 Å². The van der Waals surface area contributed by atoms with Crippen molar-refractivity contribution in [2.75, 3.05) is 23.3 Å². The van der Waals surface area contributed by atoms with Crippen molar-refractivity contribution in [2.24, 2.45) is 0 Å². The second-order valence-corrected chi connectivity index (χ2v) is 8.27. The van der Waals surface area contributed by atoms with Crippen LogP contribution in [0.2, 0.25) is 0 Å². The van der Waals surface area contributed by atoms with Crippen molar-refractivity contribution in [1.29, 1.82) is 0 Å². The molecule has 7 nitrogen and oxygen atoms in total. The summed E-state index contributed by atoms with van der Waals surface area (Å²) < 4.78 is 5.35. The van der Waals surface area contributed by atoms with E-state index in [1.54, 1.807) is 19.1 Å². The molecule has 4 rings (SSSR count). The summed E-state index contributed by atoms with van der Waals surface area (Å²) in [5, 5.41) is 5.74. The maximum Gasteiger partial charge on any atom is 0.338 e. The van der Waals surface area contributed by atoms with Gasteiger partial charge >= 0.3 is 5.97 Å². The van der Waals surface area contributed by atoms with Crippen LogP contribution in [0.5, 0.6) is 0 Å². The maximum atomic E-state index is 12.5. The normalized spacial score (nSPS) is 21.1. The van der Waals surface area contributed by atoms with Crippen LogP contribution in [0.15, 0.2) is 29.8 Å². The number of ether oxygens (including phenoxy) is 1. The highest BCUT2D eigenvalue weighted by Gasteiger charge is 2.36. The summed E-state index contributed by atoms with van der Waals surface area (Å²) >= 11 is 0. The monoisotopic (exact) mass is 411 g/mol. The van der Waals surface area contributed by atoms with Gasteiger partial charge in [-0.05, 0) is 70.1 Å². The molecular weight excluding hydrogens is 382 g/mol. The molecule has 0 spiro atoms. The van der Waals surface area contributed by atoms with Crippen LogP contribution in [0.4, 0.5) is 11.4 Å². The van der Waals surface area contributed by atoms with Crippen molar-refractivity contribution in [1.82, 2.24) is 5.32 Å². The molecule has 2 N–H and O–H groups in total. The van der Waals surface area contributed by atoms with E-state index >= 15 is 0 Å². The van der Waals surface area contributed by atoms with Gasteiger partial charge in [-0.3, -0.25) is 9.59 Å². The largest absolute Gasteiger partial charge is 0.449 e. The summed E-state index contributed by atoms with van der Waals surface area (Å²) in [6.45, 7) is 2.96. The topological polar surface area (TPSA) is 87.7 Å². The molecule has 2 heterocycles. The van der Waals surface area contributed by atoms with Gasteiger partial charge in [-0.25, -0.2) is 4.79 Å². The summed E-state index contributed by atoms with van der Waals surface area (Å²) in [5.74, 6) is -0.912. The van der Waals surface area contributed by atoms with Gasteiger partial charge in [0.15, 0.2) is 6.10 Å². The third-order valence-corrected chi connectivity index (χ3v) is 6.14. The predicted octanol–water partition coefficient (Wildman–Crippen LogP) is 3.16. The van der Waals surface area contributed by atoms with Crippen LogP contribution in [-0.2, 0) is 14.3 Å². The molecule has 1 fully saturated rings. The number of nitrogens with zero attached hydrogens (tertiary/aromatic N) is 1. The van der Waals surface area contributed by atoms with Gasteiger partial charge in [-0.15, -0.1) is 0 Å². The van der Waals surface area contributed by atoms with Crippen molar-refractivity contribution in [2.45, 2.75) is 64.0 Å². The number of hydrogen-bond acceptors (Lipinski definition) is 5. The van der Waals surface area contributed by atoms with E-state index in [2.05, 4.69) is 21.6 Å². The molecule has 30 heavy (non-hydrogen) atoms. The first kappa shape index (κ1) is 20.4. The molecule has 2 aliphatic heterocycles. The Morgan fingerprint density at radius 2 is 2.17 bits per heavy atom. The zero-order chi connectivity index (χ0) is 21.1. The Hall–Kier alpha value is -2.83. The quantitative estimate of drug-likeness (QED) is 0.555. The summed E-state index contributed by atoms with van der Waals surface area (Å²) in [6.07, 6.45) is 8.73. The van der Waals surface area contributed by atoms with Gasteiger partial charge in [0, 0.05) is 13.1 Å². The molecule has 0 bridgehead atoms. The molecule has 7 heteroatoms. The Morgan fingerprint density at radius 1 is 1.30 bits per heavy atom. The minimum atomic E-state index is -0.883. The van der Waals surface area contributed by atoms with Crippen LogP contribution in [0.25, 0.3) is 0 Å². The van der Waals surface area contributed by atoms with Gasteiger partial charge in [-0.1, -0.05) is 11.6 Å². The number of esters is 1. The summed E-state index contributed by atoms with van der Waals surface area (Å²) in [5.41, 5.74) is 3.25. The molecule has 0 radical (unpaired) electrons. The van der Waals surface area contributed by atoms with Crippen LogP contribution in [-0.4, -0.2) is 43.0 Å². The molecule has 3 aliphatic rings.